The standard InChI is InChI=1S/C14H21N5O/c1-4-11-7-12(20-16-11)5-6-19-8-13-14(18(3)10-19)15-9-17(13)2/h7-8H,4-6,9-10H2,1-3H3. The van der Waals surface area contributed by atoms with E-state index in [1.807, 2.05) is 0 Å². The number of hydrogen-bond acceptors (Lipinski definition) is 6. The zero-order valence-electron chi connectivity index (χ0n) is 12.3. The minimum atomic E-state index is 0.751. The number of aromatic nitrogens is 1. The Morgan fingerprint density at radius 2 is 2.15 bits per heavy atom. The van der Waals surface area contributed by atoms with Crippen LogP contribution < -0.4 is 0 Å². The van der Waals surface area contributed by atoms with E-state index in [0.717, 1.165) is 50.0 Å². The second-order valence-electron chi connectivity index (χ2n) is 5.38. The molecule has 0 atom stereocenters. The Morgan fingerprint density at radius 1 is 1.30 bits per heavy atom. The van der Waals surface area contributed by atoms with Gasteiger partial charge in [-0.15, -0.1) is 0 Å². The molecule has 2 aliphatic heterocycles. The lowest BCUT2D eigenvalue weighted by Gasteiger charge is -2.34. The van der Waals surface area contributed by atoms with Crippen molar-refractivity contribution in [3.63, 3.8) is 0 Å². The molecule has 6 nitrogen and oxygen atoms in total. The lowest BCUT2D eigenvalue weighted by atomic mass is 10.2. The third kappa shape index (κ3) is 2.37. The Hall–Kier alpha value is -1.98. The monoisotopic (exact) mass is 275 g/mol. The molecule has 6 heteroatoms. The summed E-state index contributed by atoms with van der Waals surface area (Å²) in [5, 5.41) is 4.03. The molecule has 0 amide bonds. The molecule has 0 fully saturated rings. The first kappa shape index (κ1) is 13.0. The summed E-state index contributed by atoms with van der Waals surface area (Å²) >= 11 is 0. The molecule has 0 unspecified atom stereocenters. The van der Waals surface area contributed by atoms with E-state index in [1.54, 1.807) is 0 Å². The van der Waals surface area contributed by atoms with Gasteiger partial charge < -0.3 is 19.2 Å². The second kappa shape index (κ2) is 5.19. The molecule has 3 rings (SSSR count). The number of likely N-dealkylation sites (N-methyl/N-ethyl adjacent to an activating group) is 2. The van der Waals surface area contributed by atoms with E-state index in [9.17, 15) is 0 Å². The number of nitrogens with zero attached hydrogens (tertiary/aromatic N) is 5. The molecule has 0 aliphatic carbocycles. The topological polar surface area (TPSA) is 48.1 Å². The summed E-state index contributed by atoms with van der Waals surface area (Å²) in [6, 6.07) is 2.05. The molecular formula is C14H21N5O. The molecule has 108 valence electrons. The Kier molecular flexibility index (Phi) is 3.38. The molecule has 0 N–H and O–H groups in total. The number of aliphatic imine (C=N–C) groups is 1. The summed E-state index contributed by atoms with van der Waals surface area (Å²) in [6.07, 6.45) is 3.99. The third-order valence-electron chi connectivity index (χ3n) is 3.75. The zero-order valence-corrected chi connectivity index (χ0v) is 12.3. The molecule has 3 heterocycles. The van der Waals surface area contributed by atoms with Crippen molar-refractivity contribution in [3.05, 3.63) is 29.4 Å². The van der Waals surface area contributed by atoms with Gasteiger partial charge in [-0.2, -0.15) is 0 Å². The highest BCUT2D eigenvalue weighted by Crippen LogP contribution is 2.20. The van der Waals surface area contributed by atoms with Gasteiger partial charge in [-0.1, -0.05) is 12.1 Å². The van der Waals surface area contributed by atoms with Crippen LogP contribution >= 0.6 is 0 Å². The lowest BCUT2D eigenvalue weighted by molar-refractivity contribution is 0.249. The summed E-state index contributed by atoms with van der Waals surface area (Å²) < 4.78 is 5.34. The summed E-state index contributed by atoms with van der Waals surface area (Å²) in [6.45, 7) is 4.63. The quantitative estimate of drug-likeness (QED) is 0.824. The number of aryl methyl sites for hydroxylation is 1. The fourth-order valence-electron chi connectivity index (χ4n) is 2.56. The van der Waals surface area contributed by atoms with E-state index >= 15 is 0 Å². The van der Waals surface area contributed by atoms with Gasteiger partial charge >= 0.3 is 0 Å². The molecule has 0 bridgehead atoms. The zero-order chi connectivity index (χ0) is 14.1. The van der Waals surface area contributed by atoms with Gasteiger partial charge in [0.05, 0.1) is 18.1 Å². The van der Waals surface area contributed by atoms with Crippen LogP contribution in [0.15, 0.2) is 27.5 Å². The van der Waals surface area contributed by atoms with Crippen molar-refractivity contribution in [1.82, 2.24) is 19.9 Å². The summed E-state index contributed by atoms with van der Waals surface area (Å²) in [4.78, 5) is 11.2. The SMILES string of the molecule is CCc1cc(CCN2C=C3C(=NCN3C)N(C)C2)on1. The molecule has 0 saturated carbocycles. The fraction of sp³-hybridized carbons (Fsp3) is 0.571. The molecule has 20 heavy (non-hydrogen) atoms. The first-order valence-corrected chi connectivity index (χ1v) is 7.05. The van der Waals surface area contributed by atoms with E-state index in [1.165, 1.54) is 5.70 Å². The predicted octanol–water partition coefficient (Wildman–Crippen LogP) is 1.13. The highest BCUT2D eigenvalue weighted by atomic mass is 16.5. The minimum absolute atomic E-state index is 0.751. The van der Waals surface area contributed by atoms with E-state index in [2.05, 4.69) is 58.1 Å². The van der Waals surface area contributed by atoms with Crippen LogP contribution in [0.25, 0.3) is 0 Å². The van der Waals surface area contributed by atoms with Crippen LogP contribution in [0.4, 0.5) is 0 Å². The smallest absolute Gasteiger partial charge is 0.152 e. The van der Waals surface area contributed by atoms with Crippen LogP contribution in [0.2, 0.25) is 0 Å². The molecule has 0 radical (unpaired) electrons. The summed E-state index contributed by atoms with van der Waals surface area (Å²) in [7, 11) is 4.16. The number of hydrogen-bond donors (Lipinski definition) is 0. The van der Waals surface area contributed by atoms with Gasteiger partial charge in [-0.05, 0) is 6.42 Å². The first-order chi connectivity index (χ1) is 9.67. The van der Waals surface area contributed by atoms with Crippen molar-refractivity contribution >= 4 is 5.84 Å². The molecule has 0 saturated heterocycles. The average Bonchev–Trinajstić information content (AvgIpc) is 3.04. The van der Waals surface area contributed by atoms with Crippen LogP contribution in [0.1, 0.15) is 18.4 Å². The van der Waals surface area contributed by atoms with Crippen LogP contribution in [0.3, 0.4) is 0 Å². The molecule has 1 aromatic heterocycles. The Bertz CT molecular complexity index is 548. The molecule has 1 aromatic rings. The van der Waals surface area contributed by atoms with Gasteiger partial charge in [0.15, 0.2) is 5.84 Å². The first-order valence-electron chi connectivity index (χ1n) is 7.05. The maximum atomic E-state index is 5.34. The van der Waals surface area contributed by atoms with Crippen LogP contribution in [0.5, 0.6) is 0 Å². The average molecular weight is 275 g/mol. The van der Waals surface area contributed by atoms with Crippen molar-refractivity contribution in [2.24, 2.45) is 4.99 Å². The van der Waals surface area contributed by atoms with Crippen LogP contribution in [-0.2, 0) is 12.8 Å². The normalized spacial score (nSPS) is 18.2. The molecule has 0 spiro atoms. The number of rotatable bonds is 4. The fourth-order valence-corrected chi connectivity index (χ4v) is 2.56. The largest absolute Gasteiger partial charge is 0.361 e. The van der Waals surface area contributed by atoms with Crippen LogP contribution in [-0.4, -0.2) is 59.7 Å². The summed E-state index contributed by atoms with van der Waals surface area (Å²) in [5.41, 5.74) is 2.23. The minimum Gasteiger partial charge on any atom is -0.361 e. The van der Waals surface area contributed by atoms with Gasteiger partial charge in [0.25, 0.3) is 0 Å². The Morgan fingerprint density at radius 3 is 2.90 bits per heavy atom. The van der Waals surface area contributed by atoms with Crippen LogP contribution in [0, 0.1) is 0 Å². The van der Waals surface area contributed by atoms with Crippen molar-refractivity contribution in [1.29, 1.82) is 0 Å². The third-order valence-corrected chi connectivity index (χ3v) is 3.75. The van der Waals surface area contributed by atoms with E-state index in [0.29, 0.717) is 0 Å². The number of amidine groups is 1. The van der Waals surface area contributed by atoms with E-state index in [-0.39, 0.29) is 0 Å². The summed E-state index contributed by atoms with van der Waals surface area (Å²) in [5.74, 6) is 2.05. The highest BCUT2D eigenvalue weighted by Gasteiger charge is 2.27. The van der Waals surface area contributed by atoms with Gasteiger partial charge in [-0.3, -0.25) is 0 Å². The Labute approximate surface area is 119 Å². The maximum Gasteiger partial charge on any atom is 0.152 e. The van der Waals surface area contributed by atoms with Gasteiger partial charge in [-0.25, -0.2) is 4.99 Å². The molecule has 2 aliphatic rings. The van der Waals surface area contributed by atoms with Crippen molar-refractivity contribution in [2.45, 2.75) is 19.8 Å². The van der Waals surface area contributed by atoms with Crippen molar-refractivity contribution in [2.75, 3.05) is 34.0 Å². The van der Waals surface area contributed by atoms with Gasteiger partial charge in [0.1, 0.15) is 12.4 Å². The van der Waals surface area contributed by atoms with Crippen molar-refractivity contribution in [3.8, 4) is 0 Å². The van der Waals surface area contributed by atoms with Gasteiger partial charge in [0.2, 0.25) is 0 Å². The molecule has 0 aromatic carbocycles. The maximum absolute atomic E-state index is 5.34. The Balaban J connectivity index is 1.65. The highest BCUT2D eigenvalue weighted by molar-refractivity contribution is 5.99. The predicted molar refractivity (Wildman–Crippen MR) is 77.1 cm³/mol. The lowest BCUT2D eigenvalue weighted by Crippen LogP contribution is -2.43. The number of fused-ring (bicyclic) bond motifs is 1. The van der Waals surface area contributed by atoms with E-state index in [4.69, 9.17) is 4.52 Å². The van der Waals surface area contributed by atoms with E-state index < -0.39 is 0 Å². The van der Waals surface area contributed by atoms with Gasteiger partial charge in [0, 0.05) is 39.3 Å². The second-order valence-corrected chi connectivity index (χ2v) is 5.38. The molecular weight excluding hydrogens is 254 g/mol. The van der Waals surface area contributed by atoms with Crippen molar-refractivity contribution < 1.29 is 4.52 Å².